The van der Waals surface area contributed by atoms with Crippen molar-refractivity contribution >= 4 is 49.2 Å². The lowest BCUT2D eigenvalue weighted by Crippen LogP contribution is -2.25. The molecule has 15 heavy (non-hydrogen) atoms. The van der Waals surface area contributed by atoms with Crippen LogP contribution in [0.2, 0.25) is 5.02 Å². The monoisotopic (exact) mass is 331 g/mol. The second kappa shape index (κ2) is 5.50. The van der Waals surface area contributed by atoms with Crippen molar-refractivity contribution in [3.05, 3.63) is 27.7 Å². The summed E-state index contributed by atoms with van der Waals surface area (Å²) in [6.45, 7) is 0.199. The first-order chi connectivity index (χ1) is 6.97. The Morgan fingerprint density at radius 1 is 1.40 bits per heavy atom. The van der Waals surface area contributed by atoms with Gasteiger partial charge in [0, 0.05) is 16.9 Å². The second-order valence-electron chi connectivity index (χ2n) is 2.66. The molecule has 3 nitrogen and oxygen atoms in total. The van der Waals surface area contributed by atoms with E-state index in [9.17, 15) is 8.42 Å². The molecule has 0 saturated carbocycles. The summed E-state index contributed by atoms with van der Waals surface area (Å²) >= 11 is 14.3. The molecule has 1 aromatic carbocycles. The summed E-state index contributed by atoms with van der Waals surface area (Å²) in [6, 6.07) is 4.39. The van der Waals surface area contributed by atoms with Crippen LogP contribution in [0.25, 0.3) is 0 Å². The molecule has 0 fully saturated rings. The molecule has 7 heteroatoms. The number of nitrogens with one attached hydrogen (secondary N) is 1. The number of benzene rings is 1. The highest BCUT2D eigenvalue weighted by atomic mass is 79.9. The molecule has 0 radical (unpaired) electrons. The van der Waals surface area contributed by atoms with Gasteiger partial charge in [-0.25, -0.2) is 13.1 Å². The number of hydrogen-bond acceptors (Lipinski definition) is 2. The minimum atomic E-state index is -3.48. The molecule has 0 spiro atoms. The Morgan fingerprint density at radius 3 is 2.60 bits per heavy atom. The zero-order valence-electron chi connectivity index (χ0n) is 7.50. The zero-order valence-corrected chi connectivity index (χ0v) is 11.4. The van der Waals surface area contributed by atoms with Crippen molar-refractivity contribution in [3.63, 3.8) is 0 Å². The highest BCUT2D eigenvalue weighted by Crippen LogP contribution is 2.25. The topological polar surface area (TPSA) is 46.2 Å². The molecule has 0 aromatic heterocycles. The minimum Gasteiger partial charge on any atom is -0.210 e. The summed E-state index contributed by atoms with van der Waals surface area (Å²) in [4.78, 5) is 0.156. The molecular formula is C8H8BrCl2NO2S. The maximum atomic E-state index is 11.6. The van der Waals surface area contributed by atoms with Crippen LogP contribution < -0.4 is 4.72 Å². The third kappa shape index (κ3) is 3.60. The Labute approximate surface area is 107 Å². The Bertz CT molecular complexity index is 450. The van der Waals surface area contributed by atoms with Gasteiger partial charge >= 0.3 is 0 Å². The molecule has 0 bridgehead atoms. The molecule has 0 atom stereocenters. The standard InChI is InChI=1S/C8H8BrCl2NO2S/c9-7-5-6(1-2-8(7)11)15(13,14)12-4-3-10/h1-2,5,12H,3-4H2. The molecule has 84 valence electrons. The van der Waals surface area contributed by atoms with Crippen molar-refractivity contribution in [1.29, 1.82) is 0 Å². The van der Waals surface area contributed by atoms with Gasteiger partial charge in [-0.1, -0.05) is 11.6 Å². The van der Waals surface area contributed by atoms with E-state index in [1.807, 2.05) is 0 Å². The van der Waals surface area contributed by atoms with Crippen LogP contribution in [-0.4, -0.2) is 20.8 Å². The number of alkyl halides is 1. The van der Waals surface area contributed by atoms with Gasteiger partial charge in [0.1, 0.15) is 0 Å². The van der Waals surface area contributed by atoms with Crippen molar-refractivity contribution in [1.82, 2.24) is 4.72 Å². The van der Waals surface area contributed by atoms with Crippen LogP contribution in [0.5, 0.6) is 0 Å². The summed E-state index contributed by atoms with van der Waals surface area (Å²) in [6.07, 6.45) is 0. The third-order valence-corrected chi connectivity index (χ3v) is 4.45. The highest BCUT2D eigenvalue weighted by Gasteiger charge is 2.14. The number of sulfonamides is 1. The maximum Gasteiger partial charge on any atom is 0.240 e. The maximum absolute atomic E-state index is 11.6. The Hall–Kier alpha value is 0.190. The summed E-state index contributed by atoms with van der Waals surface area (Å²) in [5.41, 5.74) is 0. The molecule has 0 heterocycles. The van der Waals surface area contributed by atoms with E-state index >= 15 is 0 Å². The van der Waals surface area contributed by atoms with Crippen molar-refractivity contribution < 1.29 is 8.42 Å². The predicted molar refractivity (Wildman–Crippen MR) is 65.1 cm³/mol. The van der Waals surface area contributed by atoms with E-state index < -0.39 is 10.0 Å². The second-order valence-corrected chi connectivity index (χ2v) is 6.07. The molecule has 0 aliphatic rings. The van der Waals surface area contributed by atoms with E-state index in [4.69, 9.17) is 23.2 Å². The van der Waals surface area contributed by atoms with E-state index in [1.165, 1.54) is 18.2 Å². The van der Waals surface area contributed by atoms with Crippen LogP contribution >= 0.6 is 39.1 Å². The molecule has 1 aromatic rings. The molecule has 0 saturated heterocycles. The summed E-state index contributed by atoms with van der Waals surface area (Å²) < 4.78 is 26.1. The van der Waals surface area contributed by atoms with E-state index in [0.29, 0.717) is 9.50 Å². The quantitative estimate of drug-likeness (QED) is 0.861. The minimum absolute atomic E-state index is 0.156. The van der Waals surface area contributed by atoms with Crippen LogP contribution in [0.1, 0.15) is 0 Å². The number of rotatable bonds is 4. The van der Waals surface area contributed by atoms with Crippen molar-refractivity contribution in [2.45, 2.75) is 4.90 Å². The largest absolute Gasteiger partial charge is 0.240 e. The van der Waals surface area contributed by atoms with Gasteiger partial charge in [0.15, 0.2) is 0 Å². The fourth-order valence-corrected chi connectivity index (χ4v) is 2.81. The Morgan fingerprint density at radius 2 is 2.07 bits per heavy atom. The van der Waals surface area contributed by atoms with Crippen molar-refractivity contribution in [2.24, 2.45) is 0 Å². The lowest BCUT2D eigenvalue weighted by Gasteiger charge is -2.05. The fraction of sp³-hybridized carbons (Fsp3) is 0.250. The van der Waals surface area contributed by atoms with Crippen LogP contribution in [-0.2, 0) is 10.0 Å². The normalized spacial score (nSPS) is 11.7. The van der Waals surface area contributed by atoms with Crippen LogP contribution in [0, 0.1) is 0 Å². The average molecular weight is 333 g/mol. The first-order valence-corrected chi connectivity index (χ1v) is 7.17. The summed E-state index contributed by atoms with van der Waals surface area (Å²) in [5.74, 6) is 0.230. The van der Waals surface area contributed by atoms with Gasteiger partial charge in [-0.05, 0) is 34.1 Å². The Kier molecular flexibility index (Phi) is 4.86. The third-order valence-electron chi connectivity index (χ3n) is 1.59. The zero-order chi connectivity index (χ0) is 11.5. The van der Waals surface area contributed by atoms with Gasteiger partial charge in [-0.15, -0.1) is 11.6 Å². The van der Waals surface area contributed by atoms with E-state index in [1.54, 1.807) is 0 Å². The fourth-order valence-electron chi connectivity index (χ4n) is 0.900. The van der Waals surface area contributed by atoms with Gasteiger partial charge in [0.2, 0.25) is 10.0 Å². The molecule has 0 aliphatic carbocycles. The molecule has 0 amide bonds. The van der Waals surface area contributed by atoms with Crippen molar-refractivity contribution in [3.8, 4) is 0 Å². The number of hydrogen-bond donors (Lipinski definition) is 1. The highest BCUT2D eigenvalue weighted by molar-refractivity contribution is 9.10. The van der Waals surface area contributed by atoms with E-state index in [0.717, 1.165) is 0 Å². The average Bonchev–Trinajstić information content (AvgIpc) is 2.19. The first kappa shape index (κ1) is 13.3. The summed E-state index contributed by atoms with van der Waals surface area (Å²) in [5, 5.41) is 0.464. The van der Waals surface area contributed by atoms with Gasteiger partial charge < -0.3 is 0 Å². The lowest BCUT2D eigenvalue weighted by atomic mass is 10.4. The van der Waals surface area contributed by atoms with Crippen LogP contribution in [0.15, 0.2) is 27.6 Å². The molecular weight excluding hydrogens is 325 g/mol. The van der Waals surface area contributed by atoms with E-state index in [-0.39, 0.29) is 17.3 Å². The van der Waals surface area contributed by atoms with Gasteiger partial charge in [-0.2, -0.15) is 0 Å². The molecule has 0 aliphatic heterocycles. The SMILES string of the molecule is O=S(=O)(NCCCl)c1ccc(Cl)c(Br)c1. The van der Waals surface area contributed by atoms with Gasteiger partial charge in [0.25, 0.3) is 0 Å². The summed E-state index contributed by atoms with van der Waals surface area (Å²) in [7, 11) is -3.48. The predicted octanol–water partition coefficient (Wildman–Crippen LogP) is 2.62. The van der Waals surface area contributed by atoms with Crippen LogP contribution in [0.3, 0.4) is 0 Å². The van der Waals surface area contributed by atoms with Crippen molar-refractivity contribution in [2.75, 3.05) is 12.4 Å². The van der Waals surface area contributed by atoms with Gasteiger partial charge in [0.05, 0.1) is 9.92 Å². The lowest BCUT2D eigenvalue weighted by molar-refractivity contribution is 0.584. The van der Waals surface area contributed by atoms with Crippen LogP contribution in [0.4, 0.5) is 0 Å². The Balaban J connectivity index is 3.00. The first-order valence-electron chi connectivity index (χ1n) is 3.98. The van der Waals surface area contributed by atoms with E-state index in [2.05, 4.69) is 20.7 Å². The molecule has 0 unspecified atom stereocenters. The molecule has 1 N–H and O–H groups in total. The van der Waals surface area contributed by atoms with Gasteiger partial charge in [-0.3, -0.25) is 0 Å². The molecule has 1 rings (SSSR count). The smallest absolute Gasteiger partial charge is 0.210 e. The number of halogens is 3.